The van der Waals surface area contributed by atoms with Gasteiger partial charge in [-0.1, -0.05) is 12.1 Å². The molecule has 2 aliphatic heterocycles. The molecule has 0 atom stereocenters. The first-order valence-electron chi connectivity index (χ1n) is 10.3. The normalized spacial score (nSPS) is 15.9. The summed E-state index contributed by atoms with van der Waals surface area (Å²) < 4.78 is 33.5. The van der Waals surface area contributed by atoms with E-state index < -0.39 is 0 Å². The van der Waals surface area contributed by atoms with Gasteiger partial charge < -0.3 is 15.0 Å². The minimum absolute atomic E-state index is 0.251. The van der Waals surface area contributed by atoms with Gasteiger partial charge in [0.05, 0.1) is 12.6 Å². The van der Waals surface area contributed by atoms with Crippen LogP contribution in [0.2, 0.25) is 0 Å². The minimum atomic E-state index is -0.337. The van der Waals surface area contributed by atoms with Gasteiger partial charge >= 0.3 is 0 Å². The van der Waals surface area contributed by atoms with Gasteiger partial charge in [-0.2, -0.15) is 0 Å². The lowest BCUT2D eigenvalue weighted by Crippen LogP contribution is -2.33. The Hall–Kier alpha value is -3.34. The average Bonchev–Trinajstić information content (AvgIpc) is 3.09. The molecule has 1 N–H and O–H groups in total. The van der Waals surface area contributed by atoms with Gasteiger partial charge in [-0.3, -0.25) is 0 Å². The second kappa shape index (κ2) is 6.84. The third-order valence-corrected chi connectivity index (χ3v) is 6.05. The van der Waals surface area contributed by atoms with Crippen LogP contribution in [-0.2, 0) is 6.54 Å². The molecule has 2 heterocycles. The number of hydrogen-bond acceptors (Lipinski definition) is 3. The number of anilines is 2. The quantitative estimate of drug-likeness (QED) is 0.524. The molecule has 0 saturated carbocycles. The first-order valence-corrected chi connectivity index (χ1v) is 10.3. The lowest BCUT2D eigenvalue weighted by molar-refractivity contribution is 0.413. The zero-order chi connectivity index (χ0) is 21.9. The predicted molar refractivity (Wildman–Crippen MR) is 121 cm³/mol. The van der Waals surface area contributed by atoms with E-state index in [1.807, 2.05) is 13.0 Å². The number of halogens is 2. The monoisotopic (exact) mass is 418 g/mol. The van der Waals surface area contributed by atoms with Crippen molar-refractivity contribution in [2.75, 3.05) is 17.3 Å². The Kier molecular flexibility index (Phi) is 4.33. The van der Waals surface area contributed by atoms with Gasteiger partial charge in [0.25, 0.3) is 0 Å². The van der Waals surface area contributed by atoms with Gasteiger partial charge in [-0.25, -0.2) is 8.78 Å². The van der Waals surface area contributed by atoms with Crippen LogP contribution in [0, 0.1) is 18.6 Å². The number of aryl methyl sites for hydroxylation is 1. The fourth-order valence-electron chi connectivity index (χ4n) is 4.69. The summed E-state index contributed by atoms with van der Waals surface area (Å²) in [5.41, 5.74) is 7.75. The Morgan fingerprint density at radius 2 is 1.68 bits per heavy atom. The molecule has 0 bridgehead atoms. The van der Waals surface area contributed by atoms with Crippen molar-refractivity contribution in [1.82, 2.24) is 0 Å². The summed E-state index contributed by atoms with van der Waals surface area (Å²) >= 11 is 0. The molecule has 0 unspecified atom stereocenters. The first kappa shape index (κ1) is 19.6. The van der Waals surface area contributed by atoms with E-state index in [0.29, 0.717) is 12.3 Å². The van der Waals surface area contributed by atoms with Gasteiger partial charge in [0.2, 0.25) is 0 Å². The fraction of sp³-hybridized carbons (Fsp3) is 0.231. The maximum Gasteiger partial charge on any atom is 0.129 e. The molecule has 0 aliphatic carbocycles. The fourth-order valence-corrected chi connectivity index (χ4v) is 4.69. The van der Waals surface area contributed by atoms with E-state index in [0.717, 1.165) is 44.9 Å². The third kappa shape index (κ3) is 3.16. The first-order chi connectivity index (χ1) is 14.8. The van der Waals surface area contributed by atoms with Crippen molar-refractivity contribution in [1.29, 1.82) is 0 Å². The summed E-state index contributed by atoms with van der Waals surface area (Å²) in [7, 11) is 1.55. The lowest BCUT2D eigenvalue weighted by atomic mass is 9.89. The van der Waals surface area contributed by atoms with Crippen molar-refractivity contribution in [3.05, 3.63) is 82.9 Å². The van der Waals surface area contributed by atoms with Crippen molar-refractivity contribution >= 4 is 17.1 Å². The van der Waals surface area contributed by atoms with E-state index in [2.05, 4.69) is 42.3 Å². The smallest absolute Gasteiger partial charge is 0.129 e. The molecule has 3 aromatic carbocycles. The summed E-state index contributed by atoms with van der Waals surface area (Å²) in [5.74, 6) is -0.104. The van der Waals surface area contributed by atoms with E-state index in [1.165, 1.54) is 18.2 Å². The predicted octanol–water partition coefficient (Wildman–Crippen LogP) is 6.51. The van der Waals surface area contributed by atoms with Crippen LogP contribution in [0.4, 0.5) is 20.2 Å². The molecular formula is C26H24F2N2O. The van der Waals surface area contributed by atoms with Gasteiger partial charge in [-0.15, -0.1) is 0 Å². The Bertz CT molecular complexity index is 1250. The number of nitrogens with zero attached hydrogens (tertiary/aromatic N) is 1. The number of ether oxygens (including phenoxy) is 1. The van der Waals surface area contributed by atoms with Crippen molar-refractivity contribution in [3.63, 3.8) is 0 Å². The number of rotatable bonds is 3. The van der Waals surface area contributed by atoms with Crippen LogP contribution in [0.3, 0.4) is 0 Å². The molecule has 5 heteroatoms. The van der Waals surface area contributed by atoms with Gasteiger partial charge in [0.15, 0.2) is 0 Å². The Labute approximate surface area is 181 Å². The molecule has 0 saturated heterocycles. The molecule has 3 nitrogen and oxygen atoms in total. The molecule has 5 rings (SSSR count). The van der Waals surface area contributed by atoms with Crippen LogP contribution in [0.5, 0.6) is 5.75 Å². The Morgan fingerprint density at radius 1 is 0.968 bits per heavy atom. The molecule has 0 spiro atoms. The molecular weight excluding hydrogens is 394 g/mol. The van der Waals surface area contributed by atoms with Crippen molar-refractivity contribution in [2.24, 2.45) is 0 Å². The molecule has 31 heavy (non-hydrogen) atoms. The highest BCUT2D eigenvalue weighted by atomic mass is 19.1. The number of hydrogen-bond donors (Lipinski definition) is 1. The summed E-state index contributed by atoms with van der Waals surface area (Å²) in [6.45, 7) is 6.82. The van der Waals surface area contributed by atoms with Crippen LogP contribution in [0.25, 0.3) is 16.8 Å². The minimum Gasteiger partial charge on any atom is -0.496 e. The Balaban J connectivity index is 1.75. The van der Waals surface area contributed by atoms with Crippen LogP contribution in [0.15, 0.2) is 54.6 Å². The summed E-state index contributed by atoms with van der Waals surface area (Å²) in [6.07, 6.45) is 2.20. The molecule has 2 aliphatic rings. The largest absolute Gasteiger partial charge is 0.496 e. The standard InChI is InChI=1S/C26H24F2N2O/c1-15-5-6-16(27)11-22(15)30-14-20-18(19-8-7-17(28)12-24(19)31-4)9-10-21-25(20)23(30)13-26(2,3)29-21/h5-13,29H,14H2,1-4H3. The van der Waals surface area contributed by atoms with E-state index in [9.17, 15) is 8.78 Å². The van der Waals surface area contributed by atoms with Crippen molar-refractivity contribution in [3.8, 4) is 16.9 Å². The molecule has 3 aromatic rings. The summed E-state index contributed by atoms with van der Waals surface area (Å²) in [4.78, 5) is 2.18. The maximum absolute atomic E-state index is 14.2. The second-order valence-corrected chi connectivity index (χ2v) is 8.75. The van der Waals surface area contributed by atoms with Crippen LogP contribution in [-0.4, -0.2) is 12.6 Å². The lowest BCUT2D eigenvalue weighted by Gasteiger charge is -2.33. The van der Waals surface area contributed by atoms with E-state index in [4.69, 9.17) is 4.74 Å². The highest BCUT2D eigenvalue weighted by molar-refractivity contribution is 5.97. The summed E-state index contributed by atoms with van der Waals surface area (Å²) in [5, 5.41) is 3.59. The topological polar surface area (TPSA) is 24.5 Å². The second-order valence-electron chi connectivity index (χ2n) is 8.75. The third-order valence-electron chi connectivity index (χ3n) is 6.05. The van der Waals surface area contributed by atoms with Gasteiger partial charge in [0.1, 0.15) is 17.4 Å². The van der Waals surface area contributed by atoms with Crippen LogP contribution < -0.4 is 15.0 Å². The average molecular weight is 418 g/mol. The Morgan fingerprint density at radius 3 is 2.45 bits per heavy atom. The highest BCUT2D eigenvalue weighted by Gasteiger charge is 2.36. The zero-order valence-corrected chi connectivity index (χ0v) is 18.0. The van der Waals surface area contributed by atoms with Gasteiger partial charge in [0, 0.05) is 40.8 Å². The maximum atomic E-state index is 14.2. The van der Waals surface area contributed by atoms with Crippen LogP contribution >= 0.6 is 0 Å². The van der Waals surface area contributed by atoms with E-state index in [1.54, 1.807) is 19.2 Å². The highest BCUT2D eigenvalue weighted by Crippen LogP contribution is 2.50. The number of benzene rings is 3. The zero-order valence-electron chi connectivity index (χ0n) is 18.0. The van der Waals surface area contributed by atoms with Gasteiger partial charge in [-0.05, 0) is 73.9 Å². The summed E-state index contributed by atoms with van der Waals surface area (Å²) in [6, 6.07) is 13.6. The van der Waals surface area contributed by atoms with Crippen molar-refractivity contribution in [2.45, 2.75) is 32.9 Å². The molecule has 0 aromatic heterocycles. The van der Waals surface area contributed by atoms with E-state index >= 15 is 0 Å². The number of methoxy groups -OCH3 is 1. The molecule has 0 radical (unpaired) electrons. The van der Waals surface area contributed by atoms with Crippen LogP contribution in [0.1, 0.15) is 30.5 Å². The SMILES string of the molecule is COc1cc(F)ccc1-c1ccc2c3c1CN(c1cc(F)ccc1C)C3=CC(C)(C)N2. The van der Waals surface area contributed by atoms with Crippen molar-refractivity contribution < 1.29 is 13.5 Å². The molecule has 0 fully saturated rings. The molecule has 0 amide bonds. The number of nitrogens with one attached hydrogen (secondary N) is 1. The molecule has 158 valence electrons. The van der Waals surface area contributed by atoms with E-state index in [-0.39, 0.29) is 17.2 Å².